The van der Waals surface area contributed by atoms with Crippen molar-refractivity contribution in [1.82, 2.24) is 10.3 Å². The molecule has 0 radical (unpaired) electrons. The van der Waals surface area contributed by atoms with E-state index >= 15 is 0 Å². The summed E-state index contributed by atoms with van der Waals surface area (Å²) in [5.41, 5.74) is -0.236. The van der Waals surface area contributed by atoms with Crippen molar-refractivity contribution in [3.05, 3.63) is 24.0 Å². The second-order valence-electron chi connectivity index (χ2n) is 5.63. The summed E-state index contributed by atoms with van der Waals surface area (Å²) in [5, 5.41) is 11.5. The number of aromatic nitrogens is 1. The van der Waals surface area contributed by atoms with Crippen LogP contribution in [0.25, 0.3) is 0 Å². The molecule has 1 aromatic rings. The molecule has 1 amide bonds. The van der Waals surface area contributed by atoms with E-state index in [2.05, 4.69) is 20.0 Å². The van der Waals surface area contributed by atoms with Crippen LogP contribution >= 0.6 is 0 Å². The van der Waals surface area contributed by atoms with E-state index in [0.29, 0.717) is 24.4 Å². The maximum atomic E-state index is 12.0. The minimum atomic E-state index is -1.38. The van der Waals surface area contributed by atoms with E-state index in [1.165, 1.54) is 0 Å². The lowest BCUT2D eigenvalue weighted by atomic mass is 9.89. The maximum absolute atomic E-state index is 12.0. The second kappa shape index (κ2) is 6.13. The summed E-state index contributed by atoms with van der Waals surface area (Å²) in [4.78, 5) is 31.3. The van der Waals surface area contributed by atoms with Gasteiger partial charge in [0.15, 0.2) is 5.75 Å². The van der Waals surface area contributed by atoms with Crippen LogP contribution < -0.4 is 10.1 Å². The molecule has 0 saturated carbocycles. The van der Waals surface area contributed by atoms with Crippen LogP contribution in [0.1, 0.15) is 32.9 Å². The van der Waals surface area contributed by atoms with E-state index in [0.717, 1.165) is 0 Å². The molecule has 1 aliphatic rings. The standard InChI is InChI=1S/C15H19N3O4/c1-9(2)15(3)13(19)17-12(18-15)7-6-10-11(22-14(20)21)5-4-8-16-10/h4-5,8-9H,6-7H2,1-3H3,(H,20,21)(H,17,18,19). The van der Waals surface area contributed by atoms with Crippen molar-refractivity contribution in [1.29, 1.82) is 0 Å². The van der Waals surface area contributed by atoms with Gasteiger partial charge in [0, 0.05) is 19.0 Å². The summed E-state index contributed by atoms with van der Waals surface area (Å²) in [6.45, 7) is 5.70. The van der Waals surface area contributed by atoms with Crippen LogP contribution in [0.5, 0.6) is 5.75 Å². The number of carbonyl (C=O) groups is 2. The molecule has 2 N–H and O–H groups in total. The largest absolute Gasteiger partial charge is 0.511 e. The fraction of sp³-hybridized carbons (Fsp3) is 0.467. The van der Waals surface area contributed by atoms with Gasteiger partial charge in [-0.3, -0.25) is 14.8 Å². The number of hydrogen-bond donors (Lipinski definition) is 2. The van der Waals surface area contributed by atoms with Gasteiger partial charge in [-0.1, -0.05) is 13.8 Å². The van der Waals surface area contributed by atoms with E-state index in [9.17, 15) is 9.59 Å². The molecule has 1 atom stereocenters. The monoisotopic (exact) mass is 305 g/mol. The van der Waals surface area contributed by atoms with Gasteiger partial charge in [-0.25, -0.2) is 4.79 Å². The van der Waals surface area contributed by atoms with Gasteiger partial charge in [0.05, 0.1) is 5.69 Å². The van der Waals surface area contributed by atoms with Gasteiger partial charge in [-0.05, 0) is 25.0 Å². The lowest BCUT2D eigenvalue weighted by Gasteiger charge is -2.21. The highest BCUT2D eigenvalue weighted by Gasteiger charge is 2.41. The first-order valence-electron chi connectivity index (χ1n) is 7.07. The third-order valence-electron chi connectivity index (χ3n) is 3.85. The Kier molecular flexibility index (Phi) is 4.44. The summed E-state index contributed by atoms with van der Waals surface area (Å²) in [6, 6.07) is 3.15. The molecule has 0 bridgehead atoms. The molecule has 0 fully saturated rings. The Labute approximate surface area is 128 Å². The molecule has 0 aliphatic carbocycles. The number of rotatable bonds is 5. The molecule has 0 saturated heterocycles. The average molecular weight is 305 g/mol. The molecule has 2 heterocycles. The highest BCUT2D eigenvalue weighted by molar-refractivity contribution is 6.08. The van der Waals surface area contributed by atoms with Crippen LogP contribution in [0, 0.1) is 5.92 Å². The Bertz CT molecular complexity index is 627. The van der Waals surface area contributed by atoms with Gasteiger partial charge in [-0.15, -0.1) is 0 Å². The molecule has 2 rings (SSSR count). The normalized spacial score (nSPS) is 20.7. The van der Waals surface area contributed by atoms with Crippen molar-refractivity contribution in [2.75, 3.05) is 0 Å². The lowest BCUT2D eigenvalue weighted by Crippen LogP contribution is -2.41. The topological polar surface area (TPSA) is 101 Å². The van der Waals surface area contributed by atoms with E-state index in [1.54, 1.807) is 25.3 Å². The van der Waals surface area contributed by atoms with Gasteiger partial charge < -0.3 is 15.2 Å². The summed E-state index contributed by atoms with van der Waals surface area (Å²) in [6.07, 6.45) is 1.07. The highest BCUT2D eigenvalue weighted by atomic mass is 16.7. The summed E-state index contributed by atoms with van der Waals surface area (Å²) in [5.74, 6) is 0.769. The Morgan fingerprint density at radius 1 is 1.45 bits per heavy atom. The number of nitrogens with zero attached hydrogens (tertiary/aromatic N) is 2. The van der Waals surface area contributed by atoms with E-state index in [4.69, 9.17) is 5.11 Å². The first kappa shape index (κ1) is 15.9. The van der Waals surface area contributed by atoms with Crippen molar-refractivity contribution >= 4 is 17.9 Å². The van der Waals surface area contributed by atoms with Crippen LogP contribution in [-0.2, 0) is 11.2 Å². The summed E-state index contributed by atoms with van der Waals surface area (Å²) >= 11 is 0. The van der Waals surface area contributed by atoms with Crippen LogP contribution in [0.2, 0.25) is 0 Å². The Hall–Kier alpha value is -2.44. The molecule has 1 aromatic heterocycles. The van der Waals surface area contributed by atoms with Gasteiger partial charge in [0.1, 0.15) is 11.4 Å². The Morgan fingerprint density at radius 2 is 2.18 bits per heavy atom. The number of carboxylic acid groups (broad SMARTS) is 1. The van der Waals surface area contributed by atoms with E-state index in [-0.39, 0.29) is 17.6 Å². The number of amides is 1. The fourth-order valence-electron chi connectivity index (χ4n) is 2.16. The summed E-state index contributed by atoms with van der Waals surface area (Å²) in [7, 11) is 0. The maximum Gasteiger partial charge on any atom is 0.511 e. The SMILES string of the molecule is CC(C)C1(C)N=C(CCc2ncccc2OC(=O)O)NC1=O. The van der Waals surface area contributed by atoms with Crippen LogP contribution in [0.3, 0.4) is 0 Å². The Morgan fingerprint density at radius 3 is 2.77 bits per heavy atom. The predicted molar refractivity (Wildman–Crippen MR) is 80.0 cm³/mol. The molecular formula is C15H19N3O4. The molecule has 7 heteroatoms. The zero-order valence-electron chi connectivity index (χ0n) is 12.8. The number of hydrogen-bond acceptors (Lipinski definition) is 5. The van der Waals surface area contributed by atoms with Crippen molar-refractivity contribution in [3.63, 3.8) is 0 Å². The van der Waals surface area contributed by atoms with Gasteiger partial charge in [-0.2, -0.15) is 0 Å². The molecule has 118 valence electrons. The average Bonchev–Trinajstić information content (AvgIpc) is 2.74. The number of pyridine rings is 1. The fourth-order valence-corrected chi connectivity index (χ4v) is 2.16. The predicted octanol–water partition coefficient (Wildman–Crippen LogP) is 2.01. The lowest BCUT2D eigenvalue weighted by molar-refractivity contribution is -0.124. The molecule has 22 heavy (non-hydrogen) atoms. The molecule has 1 aliphatic heterocycles. The number of amidine groups is 1. The molecule has 0 spiro atoms. The number of carbonyl (C=O) groups excluding carboxylic acids is 1. The smallest absolute Gasteiger partial charge is 0.449 e. The van der Waals surface area contributed by atoms with Gasteiger partial charge in [0.2, 0.25) is 0 Å². The minimum Gasteiger partial charge on any atom is -0.449 e. The number of ether oxygens (including phenoxy) is 1. The highest BCUT2D eigenvalue weighted by Crippen LogP contribution is 2.26. The molecular weight excluding hydrogens is 286 g/mol. The second-order valence-corrected chi connectivity index (χ2v) is 5.63. The number of aryl methyl sites for hydroxylation is 1. The van der Waals surface area contributed by atoms with Crippen LogP contribution in [-0.4, -0.2) is 33.5 Å². The van der Waals surface area contributed by atoms with Crippen molar-refractivity contribution < 1.29 is 19.4 Å². The minimum absolute atomic E-state index is 0.0887. The van der Waals surface area contributed by atoms with Gasteiger partial charge in [0.25, 0.3) is 5.91 Å². The molecule has 1 unspecified atom stereocenters. The first-order chi connectivity index (χ1) is 10.3. The van der Waals surface area contributed by atoms with Crippen molar-refractivity contribution in [3.8, 4) is 5.75 Å². The Balaban J connectivity index is 2.09. The molecule has 7 nitrogen and oxygen atoms in total. The summed E-state index contributed by atoms with van der Waals surface area (Å²) < 4.78 is 4.69. The van der Waals surface area contributed by atoms with Crippen molar-refractivity contribution in [2.24, 2.45) is 10.9 Å². The van der Waals surface area contributed by atoms with Crippen molar-refractivity contribution in [2.45, 2.75) is 39.2 Å². The van der Waals surface area contributed by atoms with Gasteiger partial charge >= 0.3 is 6.16 Å². The first-order valence-corrected chi connectivity index (χ1v) is 7.07. The third kappa shape index (κ3) is 3.24. The number of nitrogens with one attached hydrogen (secondary N) is 1. The van der Waals surface area contributed by atoms with Crippen LogP contribution in [0.15, 0.2) is 23.3 Å². The molecule has 0 aromatic carbocycles. The zero-order valence-corrected chi connectivity index (χ0v) is 12.8. The van der Waals surface area contributed by atoms with E-state index in [1.807, 2.05) is 13.8 Å². The van der Waals surface area contributed by atoms with Crippen LogP contribution in [0.4, 0.5) is 4.79 Å². The zero-order chi connectivity index (χ0) is 16.3. The van der Waals surface area contributed by atoms with E-state index < -0.39 is 11.7 Å². The third-order valence-corrected chi connectivity index (χ3v) is 3.85. The number of aliphatic imine (C=N–C) groups is 1. The quantitative estimate of drug-likeness (QED) is 0.810.